The first-order chi connectivity index (χ1) is 9.58. The Balaban J connectivity index is 1.83. The minimum Gasteiger partial charge on any atom is -0.292 e. The molecule has 2 aromatic rings. The lowest BCUT2D eigenvalue weighted by atomic mass is 10.3. The van der Waals surface area contributed by atoms with E-state index >= 15 is 0 Å². The maximum atomic E-state index is 12.2. The quantitative estimate of drug-likeness (QED) is 0.836. The molecule has 1 aliphatic heterocycles. The zero-order valence-electron chi connectivity index (χ0n) is 10.8. The van der Waals surface area contributed by atoms with Gasteiger partial charge in [-0.05, 0) is 6.92 Å². The molecule has 1 aliphatic rings. The van der Waals surface area contributed by atoms with E-state index in [4.69, 9.17) is 0 Å². The van der Waals surface area contributed by atoms with Crippen molar-refractivity contribution in [2.45, 2.75) is 6.92 Å². The summed E-state index contributed by atoms with van der Waals surface area (Å²) in [6, 6.07) is 0. The van der Waals surface area contributed by atoms with E-state index in [2.05, 4.69) is 15.5 Å². The molecule has 0 radical (unpaired) electrons. The van der Waals surface area contributed by atoms with E-state index in [-0.39, 0.29) is 11.8 Å². The van der Waals surface area contributed by atoms with Crippen LogP contribution in [0.15, 0.2) is 16.7 Å². The van der Waals surface area contributed by atoms with Gasteiger partial charge in [0.25, 0.3) is 5.91 Å². The molecule has 3 rings (SSSR count). The fourth-order valence-electron chi connectivity index (χ4n) is 1.85. The SMILES string of the molecule is Cc1nc2sccn2c1C(=O)NN=C1SCC(=O)N1C. The van der Waals surface area contributed by atoms with Crippen molar-refractivity contribution in [3.8, 4) is 0 Å². The molecule has 7 nitrogen and oxygen atoms in total. The summed E-state index contributed by atoms with van der Waals surface area (Å²) in [6.07, 6.45) is 1.79. The Labute approximate surface area is 122 Å². The summed E-state index contributed by atoms with van der Waals surface area (Å²) in [4.78, 5) is 30.0. The second-order valence-corrected chi connectivity index (χ2v) is 5.99. The Bertz CT molecular complexity index is 732. The van der Waals surface area contributed by atoms with Crippen LogP contribution in [0.1, 0.15) is 16.2 Å². The molecule has 1 fully saturated rings. The first-order valence-electron chi connectivity index (χ1n) is 5.77. The summed E-state index contributed by atoms with van der Waals surface area (Å²) in [6.45, 7) is 1.78. The molecule has 2 aromatic heterocycles. The van der Waals surface area contributed by atoms with Crippen LogP contribution in [0.2, 0.25) is 0 Å². The monoisotopic (exact) mass is 309 g/mol. The molecule has 20 heavy (non-hydrogen) atoms. The molecule has 1 saturated heterocycles. The van der Waals surface area contributed by atoms with Crippen LogP contribution in [0, 0.1) is 6.92 Å². The second kappa shape index (κ2) is 4.91. The average Bonchev–Trinajstić information content (AvgIpc) is 3.04. The first kappa shape index (κ1) is 13.1. The van der Waals surface area contributed by atoms with E-state index in [9.17, 15) is 9.59 Å². The van der Waals surface area contributed by atoms with Crippen LogP contribution < -0.4 is 5.43 Å². The molecule has 9 heteroatoms. The van der Waals surface area contributed by atoms with Gasteiger partial charge in [0.2, 0.25) is 5.91 Å². The van der Waals surface area contributed by atoms with Gasteiger partial charge in [0.1, 0.15) is 5.69 Å². The third kappa shape index (κ3) is 2.08. The number of thiazole rings is 1. The highest BCUT2D eigenvalue weighted by Gasteiger charge is 2.25. The summed E-state index contributed by atoms with van der Waals surface area (Å²) in [5.74, 6) is -0.0101. The van der Waals surface area contributed by atoms with Crippen molar-refractivity contribution in [3.05, 3.63) is 23.0 Å². The Morgan fingerprint density at radius 3 is 3.05 bits per heavy atom. The number of imidazole rings is 1. The molecule has 0 saturated carbocycles. The van der Waals surface area contributed by atoms with Crippen LogP contribution in [0.4, 0.5) is 0 Å². The first-order valence-corrected chi connectivity index (χ1v) is 7.64. The Morgan fingerprint density at radius 2 is 2.35 bits per heavy atom. The van der Waals surface area contributed by atoms with E-state index < -0.39 is 0 Å². The van der Waals surface area contributed by atoms with Crippen molar-refractivity contribution >= 4 is 45.0 Å². The number of aromatic nitrogens is 2. The van der Waals surface area contributed by atoms with Gasteiger partial charge >= 0.3 is 0 Å². The zero-order chi connectivity index (χ0) is 14.3. The number of hydrogen-bond acceptors (Lipinski definition) is 6. The zero-order valence-corrected chi connectivity index (χ0v) is 12.4. The number of nitrogens with zero attached hydrogens (tertiary/aromatic N) is 4. The molecule has 0 atom stereocenters. The van der Waals surface area contributed by atoms with Gasteiger partial charge in [-0.2, -0.15) is 0 Å². The van der Waals surface area contributed by atoms with Crippen LogP contribution in [0.5, 0.6) is 0 Å². The smallest absolute Gasteiger partial charge is 0.290 e. The van der Waals surface area contributed by atoms with E-state index in [0.717, 1.165) is 4.96 Å². The molecular formula is C11H11N5O2S2. The summed E-state index contributed by atoms with van der Waals surface area (Å²) in [5.41, 5.74) is 3.59. The molecule has 104 valence electrons. The van der Waals surface area contributed by atoms with Crippen LogP contribution in [-0.2, 0) is 4.79 Å². The Morgan fingerprint density at radius 1 is 1.55 bits per heavy atom. The summed E-state index contributed by atoms with van der Waals surface area (Å²) in [7, 11) is 1.63. The summed E-state index contributed by atoms with van der Waals surface area (Å²) < 4.78 is 1.73. The number of thioether (sulfide) groups is 1. The van der Waals surface area contributed by atoms with Gasteiger partial charge in [-0.3, -0.25) is 18.9 Å². The second-order valence-electron chi connectivity index (χ2n) is 4.18. The number of hydrogen-bond donors (Lipinski definition) is 1. The fraction of sp³-hybridized carbons (Fsp3) is 0.273. The van der Waals surface area contributed by atoms with Crippen molar-refractivity contribution in [2.75, 3.05) is 12.8 Å². The van der Waals surface area contributed by atoms with Crippen LogP contribution in [0.3, 0.4) is 0 Å². The van der Waals surface area contributed by atoms with Crippen molar-refractivity contribution < 1.29 is 9.59 Å². The number of hydrazone groups is 1. The van der Waals surface area contributed by atoms with Gasteiger partial charge < -0.3 is 0 Å². The van der Waals surface area contributed by atoms with E-state index in [1.165, 1.54) is 28.0 Å². The van der Waals surface area contributed by atoms with Gasteiger partial charge in [0, 0.05) is 18.6 Å². The number of rotatable bonds is 2. The molecule has 0 spiro atoms. The molecular weight excluding hydrogens is 298 g/mol. The number of carbonyl (C=O) groups excluding carboxylic acids is 2. The van der Waals surface area contributed by atoms with Crippen LogP contribution in [-0.4, -0.2) is 44.1 Å². The molecule has 0 aliphatic carbocycles. The molecule has 3 heterocycles. The predicted octanol–water partition coefficient (Wildman–Crippen LogP) is 0.910. The van der Waals surface area contributed by atoms with Gasteiger partial charge in [-0.15, -0.1) is 16.4 Å². The number of carbonyl (C=O) groups is 2. The van der Waals surface area contributed by atoms with Crippen molar-refractivity contribution in [1.29, 1.82) is 0 Å². The lowest BCUT2D eigenvalue weighted by molar-refractivity contribution is -0.123. The molecule has 0 bridgehead atoms. The highest BCUT2D eigenvalue weighted by Crippen LogP contribution is 2.18. The van der Waals surface area contributed by atoms with Crippen molar-refractivity contribution in [2.24, 2.45) is 5.10 Å². The number of fused-ring (bicyclic) bond motifs is 1. The minimum atomic E-state index is -0.339. The van der Waals surface area contributed by atoms with Crippen LogP contribution in [0.25, 0.3) is 4.96 Å². The highest BCUT2D eigenvalue weighted by molar-refractivity contribution is 8.15. The average molecular weight is 309 g/mol. The Hall–Kier alpha value is -1.87. The molecule has 0 aromatic carbocycles. The normalized spacial score (nSPS) is 17.4. The van der Waals surface area contributed by atoms with E-state index in [1.807, 2.05) is 5.38 Å². The summed E-state index contributed by atoms with van der Waals surface area (Å²) >= 11 is 2.76. The van der Waals surface area contributed by atoms with Crippen molar-refractivity contribution in [1.82, 2.24) is 19.7 Å². The number of amides is 2. The van der Waals surface area contributed by atoms with Gasteiger partial charge in [0.15, 0.2) is 10.1 Å². The minimum absolute atomic E-state index is 0.0243. The van der Waals surface area contributed by atoms with Gasteiger partial charge in [0.05, 0.1) is 11.4 Å². The number of aryl methyl sites for hydroxylation is 1. The standard InChI is InChI=1S/C11H11N5O2S2/c1-6-8(16-3-4-19-10(16)12-6)9(18)13-14-11-15(2)7(17)5-20-11/h3-4H,5H2,1-2H3,(H,13,18). The largest absolute Gasteiger partial charge is 0.292 e. The van der Waals surface area contributed by atoms with Crippen molar-refractivity contribution in [3.63, 3.8) is 0 Å². The maximum absolute atomic E-state index is 12.2. The summed E-state index contributed by atoms with van der Waals surface area (Å²) in [5, 5.41) is 6.35. The number of amidine groups is 1. The molecule has 2 amide bonds. The van der Waals surface area contributed by atoms with Crippen LogP contribution >= 0.6 is 23.1 Å². The lowest BCUT2D eigenvalue weighted by Gasteiger charge is -2.07. The van der Waals surface area contributed by atoms with E-state index in [1.54, 1.807) is 24.6 Å². The lowest BCUT2D eigenvalue weighted by Crippen LogP contribution is -2.28. The molecule has 1 N–H and O–H groups in total. The fourth-order valence-corrected chi connectivity index (χ4v) is 3.46. The van der Waals surface area contributed by atoms with Gasteiger partial charge in [-0.25, -0.2) is 10.4 Å². The highest BCUT2D eigenvalue weighted by atomic mass is 32.2. The Kier molecular flexibility index (Phi) is 3.22. The topological polar surface area (TPSA) is 79.1 Å². The maximum Gasteiger partial charge on any atom is 0.290 e. The van der Waals surface area contributed by atoms with Gasteiger partial charge in [-0.1, -0.05) is 11.8 Å². The third-order valence-corrected chi connectivity index (χ3v) is 4.66. The number of nitrogens with one attached hydrogen (secondary N) is 1. The third-order valence-electron chi connectivity index (χ3n) is 2.89. The predicted molar refractivity (Wildman–Crippen MR) is 77.9 cm³/mol. The van der Waals surface area contributed by atoms with E-state index in [0.29, 0.717) is 22.3 Å². The molecule has 0 unspecified atom stereocenters.